The number of benzene rings is 2. The topological polar surface area (TPSA) is 88.3 Å². The second kappa shape index (κ2) is 8.53. The van der Waals surface area contributed by atoms with Crippen LogP contribution in [0, 0.1) is 5.82 Å². The van der Waals surface area contributed by atoms with Crippen molar-refractivity contribution < 1.29 is 17.7 Å². The van der Waals surface area contributed by atoms with Gasteiger partial charge in [-0.3, -0.25) is 9.59 Å². The molecule has 0 unspecified atom stereocenters. The molecule has 0 spiro atoms. The number of halogens is 5. The average Bonchev–Trinajstić information content (AvgIpc) is 3.26. The Morgan fingerprint density at radius 3 is 2.42 bits per heavy atom. The molecule has 0 radical (unpaired) electrons. The van der Waals surface area contributed by atoms with Gasteiger partial charge in [0.1, 0.15) is 17.2 Å². The second-order valence-electron chi connectivity index (χ2n) is 7.10. The lowest BCUT2D eigenvalue weighted by Crippen LogP contribution is -2.40. The summed E-state index contributed by atoms with van der Waals surface area (Å²) in [5.41, 5.74) is 0.260. The third-order valence-corrected chi connectivity index (χ3v) is 5.23. The van der Waals surface area contributed by atoms with Crippen molar-refractivity contribution in [3.05, 3.63) is 85.2 Å². The van der Waals surface area contributed by atoms with Gasteiger partial charge >= 0.3 is 11.3 Å². The van der Waals surface area contributed by atoms with Gasteiger partial charge in [0.2, 0.25) is 5.82 Å². The van der Waals surface area contributed by atoms with E-state index in [1.165, 1.54) is 12.1 Å². The Labute approximate surface area is 194 Å². The predicted octanol–water partition coefficient (Wildman–Crippen LogP) is 4.79. The van der Waals surface area contributed by atoms with Gasteiger partial charge in [-0.25, -0.2) is 4.39 Å². The van der Waals surface area contributed by atoms with E-state index in [2.05, 4.69) is 20.0 Å². The number of rotatable bonds is 7. The highest BCUT2D eigenvalue weighted by molar-refractivity contribution is 6.33. The standard InChI is InChI=1S/C21H13Cl2F3N4O3/c1-30(16-15(17(31)18(16)32)27-14-7-6-12(24)8-13(14)22)9-10-2-4-11(5-3-10)19-28-20(33-29-19)21(23,25)26/h2-8,27H,9H2,1H3. The van der Waals surface area contributed by atoms with Crippen LogP contribution in [0.2, 0.25) is 5.02 Å². The molecule has 0 saturated carbocycles. The Morgan fingerprint density at radius 1 is 1.12 bits per heavy atom. The minimum Gasteiger partial charge on any atom is -0.365 e. The van der Waals surface area contributed by atoms with Gasteiger partial charge in [-0.15, -0.1) is 0 Å². The smallest absolute Gasteiger partial charge is 0.365 e. The van der Waals surface area contributed by atoms with Crippen LogP contribution in [0.25, 0.3) is 11.4 Å². The zero-order valence-electron chi connectivity index (χ0n) is 16.7. The van der Waals surface area contributed by atoms with Crippen molar-refractivity contribution in [2.24, 2.45) is 0 Å². The number of aromatic nitrogens is 2. The number of hydrogen-bond donors (Lipinski definition) is 1. The first-order valence-electron chi connectivity index (χ1n) is 9.31. The molecular formula is C21H13Cl2F3N4O3. The normalized spacial score (nSPS) is 11.7. The Balaban J connectivity index is 1.50. The van der Waals surface area contributed by atoms with Crippen LogP contribution in [0.5, 0.6) is 0 Å². The largest absolute Gasteiger partial charge is 0.400 e. The van der Waals surface area contributed by atoms with Crippen molar-refractivity contribution in [3.8, 4) is 11.4 Å². The van der Waals surface area contributed by atoms with Crippen LogP contribution in [0.1, 0.15) is 11.5 Å². The monoisotopic (exact) mass is 496 g/mol. The van der Waals surface area contributed by atoms with Gasteiger partial charge in [0, 0.05) is 19.2 Å². The lowest BCUT2D eigenvalue weighted by molar-refractivity contribution is 0.0551. The summed E-state index contributed by atoms with van der Waals surface area (Å²) >= 11 is 10.9. The van der Waals surface area contributed by atoms with E-state index in [9.17, 15) is 22.8 Å². The molecule has 0 amide bonds. The van der Waals surface area contributed by atoms with Crippen molar-refractivity contribution >= 4 is 40.3 Å². The molecule has 4 rings (SSSR count). The van der Waals surface area contributed by atoms with Crippen LogP contribution in [-0.2, 0) is 11.9 Å². The molecule has 0 fully saturated rings. The summed E-state index contributed by atoms with van der Waals surface area (Å²) < 4.78 is 43.8. The third-order valence-electron chi connectivity index (χ3n) is 4.76. The maximum atomic E-state index is 13.3. The summed E-state index contributed by atoms with van der Waals surface area (Å²) in [5, 5.41) is 2.56. The Bertz CT molecular complexity index is 1390. The SMILES string of the molecule is CN(Cc1ccc(-c2noc(C(F)(F)Cl)n2)cc1)c1c(Nc2ccc(F)cc2Cl)c(=O)c1=O. The molecule has 3 aromatic carbocycles. The minimum atomic E-state index is -3.77. The first-order chi connectivity index (χ1) is 15.5. The highest BCUT2D eigenvalue weighted by Gasteiger charge is 2.35. The first kappa shape index (κ1) is 22.8. The summed E-state index contributed by atoms with van der Waals surface area (Å²) in [6, 6.07) is 10.1. The fourth-order valence-electron chi connectivity index (χ4n) is 3.15. The van der Waals surface area contributed by atoms with Gasteiger partial charge in [0.05, 0.1) is 10.7 Å². The molecule has 7 nitrogen and oxygen atoms in total. The van der Waals surface area contributed by atoms with Crippen molar-refractivity contribution in [2.45, 2.75) is 11.9 Å². The highest BCUT2D eigenvalue weighted by atomic mass is 35.5. The van der Waals surface area contributed by atoms with E-state index in [4.69, 9.17) is 23.2 Å². The lowest BCUT2D eigenvalue weighted by Gasteiger charge is -2.24. The van der Waals surface area contributed by atoms with Crippen molar-refractivity contribution in [2.75, 3.05) is 17.3 Å². The molecule has 1 aromatic heterocycles. The number of alkyl halides is 3. The Hall–Kier alpha value is -3.37. The fourth-order valence-corrected chi connectivity index (χ4v) is 3.44. The minimum absolute atomic E-state index is 0.0500. The summed E-state index contributed by atoms with van der Waals surface area (Å²) in [7, 11) is 1.62. The number of hydrogen-bond acceptors (Lipinski definition) is 7. The molecule has 0 atom stereocenters. The van der Waals surface area contributed by atoms with Gasteiger partial charge in [0.15, 0.2) is 0 Å². The zero-order chi connectivity index (χ0) is 23.9. The second-order valence-corrected chi connectivity index (χ2v) is 7.99. The lowest BCUT2D eigenvalue weighted by atomic mass is 10.1. The first-order valence-corrected chi connectivity index (χ1v) is 10.1. The van der Waals surface area contributed by atoms with Crippen LogP contribution >= 0.6 is 23.2 Å². The van der Waals surface area contributed by atoms with Crippen molar-refractivity contribution in [1.29, 1.82) is 0 Å². The van der Waals surface area contributed by atoms with Gasteiger partial charge in [-0.05, 0) is 35.4 Å². The average molecular weight is 497 g/mol. The van der Waals surface area contributed by atoms with Crippen LogP contribution < -0.4 is 21.1 Å². The van der Waals surface area contributed by atoms with Gasteiger partial charge in [-0.1, -0.05) is 41.0 Å². The van der Waals surface area contributed by atoms with Crippen LogP contribution in [0.4, 0.5) is 30.2 Å². The van der Waals surface area contributed by atoms with Crippen molar-refractivity contribution in [3.63, 3.8) is 0 Å². The third kappa shape index (κ3) is 4.57. The molecule has 1 heterocycles. The van der Waals surface area contributed by atoms with E-state index in [0.717, 1.165) is 11.6 Å². The summed E-state index contributed by atoms with van der Waals surface area (Å²) in [4.78, 5) is 29.4. The highest BCUT2D eigenvalue weighted by Crippen LogP contribution is 2.32. The molecule has 0 bridgehead atoms. The molecule has 1 N–H and O–H groups in total. The molecule has 4 aromatic rings. The summed E-state index contributed by atoms with van der Waals surface area (Å²) in [5.74, 6) is -1.61. The molecule has 12 heteroatoms. The molecule has 0 aliphatic carbocycles. The van der Waals surface area contributed by atoms with Gasteiger partial charge in [0.25, 0.3) is 10.9 Å². The van der Waals surface area contributed by atoms with E-state index < -0.39 is 27.9 Å². The Kier molecular flexibility index (Phi) is 5.89. The van der Waals surface area contributed by atoms with E-state index in [-0.39, 0.29) is 34.5 Å². The zero-order valence-corrected chi connectivity index (χ0v) is 18.2. The van der Waals surface area contributed by atoms with Gasteiger partial charge in [-0.2, -0.15) is 13.8 Å². The molecule has 0 aliphatic heterocycles. The van der Waals surface area contributed by atoms with Crippen LogP contribution in [-0.4, -0.2) is 17.2 Å². The number of anilines is 3. The maximum Gasteiger partial charge on any atom is 0.400 e. The van der Waals surface area contributed by atoms with E-state index in [0.29, 0.717) is 5.56 Å². The van der Waals surface area contributed by atoms with Crippen molar-refractivity contribution in [1.82, 2.24) is 10.1 Å². The summed E-state index contributed by atoms with van der Waals surface area (Å²) in [6.07, 6.45) is 0. The maximum absolute atomic E-state index is 13.3. The molecule has 33 heavy (non-hydrogen) atoms. The Morgan fingerprint density at radius 2 is 1.82 bits per heavy atom. The van der Waals surface area contributed by atoms with Crippen LogP contribution in [0.3, 0.4) is 0 Å². The molecule has 0 saturated heterocycles. The van der Waals surface area contributed by atoms with E-state index in [1.807, 2.05) is 0 Å². The molecular weight excluding hydrogens is 484 g/mol. The number of nitrogens with zero attached hydrogens (tertiary/aromatic N) is 3. The molecule has 170 valence electrons. The number of nitrogens with one attached hydrogen (secondary N) is 1. The van der Waals surface area contributed by atoms with Crippen LogP contribution in [0.15, 0.2) is 56.6 Å². The predicted molar refractivity (Wildman–Crippen MR) is 118 cm³/mol. The van der Waals surface area contributed by atoms with E-state index >= 15 is 0 Å². The fraction of sp³-hybridized carbons (Fsp3) is 0.143. The van der Waals surface area contributed by atoms with Gasteiger partial charge < -0.3 is 14.7 Å². The van der Waals surface area contributed by atoms with E-state index in [1.54, 1.807) is 36.2 Å². The summed E-state index contributed by atoms with van der Waals surface area (Å²) in [6.45, 7) is 0.244. The quantitative estimate of drug-likeness (QED) is 0.290. The molecule has 0 aliphatic rings.